The molecule has 6 unspecified atom stereocenters. The molecule has 0 N–H and O–H groups in total. The van der Waals surface area contributed by atoms with Crippen molar-refractivity contribution in [2.45, 2.75) is 46.4 Å². The van der Waals surface area contributed by atoms with Gasteiger partial charge in [0.1, 0.15) is 0 Å². The quantitative estimate of drug-likeness (QED) is 0.724. The average Bonchev–Trinajstić information content (AvgIpc) is 2.69. The van der Waals surface area contributed by atoms with E-state index in [1.54, 1.807) is 0 Å². The van der Waals surface area contributed by atoms with E-state index in [-0.39, 0.29) is 30.0 Å². The van der Waals surface area contributed by atoms with Gasteiger partial charge in [-0.15, -0.1) is 0 Å². The lowest BCUT2D eigenvalue weighted by atomic mass is 9.90. The molecule has 2 saturated heterocycles. The molecular formula is C14H22O4. The second-order valence-corrected chi connectivity index (χ2v) is 5.47. The first-order chi connectivity index (χ1) is 8.41. The number of fused-ring (bicyclic) bond motifs is 1. The molecule has 0 bridgehead atoms. The largest absolute Gasteiger partial charge is 0.352 e. The van der Waals surface area contributed by atoms with Gasteiger partial charge in [-0.1, -0.05) is 20.4 Å². The van der Waals surface area contributed by atoms with Crippen LogP contribution in [0.15, 0.2) is 12.2 Å². The smallest absolute Gasteiger partial charge is 0.167 e. The first-order valence-corrected chi connectivity index (χ1v) is 6.54. The first-order valence-electron chi connectivity index (χ1n) is 6.54. The van der Waals surface area contributed by atoms with Crippen LogP contribution >= 0.6 is 0 Å². The highest BCUT2D eigenvalue weighted by Gasteiger charge is 2.46. The van der Waals surface area contributed by atoms with Crippen LogP contribution < -0.4 is 0 Å². The molecule has 6 atom stereocenters. The van der Waals surface area contributed by atoms with Crippen LogP contribution in [0.1, 0.15) is 27.7 Å². The predicted octanol–water partition coefficient (Wildman–Crippen LogP) is 2.14. The lowest BCUT2D eigenvalue weighted by Crippen LogP contribution is -2.47. The van der Waals surface area contributed by atoms with Gasteiger partial charge in [-0.3, -0.25) is 4.79 Å². The SMILES string of the molecule is C=C(C(C)=O)C(C)C1OC(C)C2C(C)COC2O1. The van der Waals surface area contributed by atoms with E-state index < -0.39 is 6.29 Å². The van der Waals surface area contributed by atoms with Crippen LogP contribution in [0.3, 0.4) is 0 Å². The zero-order valence-corrected chi connectivity index (χ0v) is 11.5. The minimum Gasteiger partial charge on any atom is -0.352 e. The van der Waals surface area contributed by atoms with E-state index in [0.29, 0.717) is 18.1 Å². The van der Waals surface area contributed by atoms with Crippen molar-refractivity contribution in [3.63, 3.8) is 0 Å². The first kappa shape index (κ1) is 13.7. The van der Waals surface area contributed by atoms with Crippen LogP contribution in [0.4, 0.5) is 0 Å². The van der Waals surface area contributed by atoms with Crippen LogP contribution in [0, 0.1) is 17.8 Å². The van der Waals surface area contributed by atoms with Gasteiger partial charge >= 0.3 is 0 Å². The summed E-state index contributed by atoms with van der Waals surface area (Å²) in [7, 11) is 0. The van der Waals surface area contributed by atoms with E-state index in [1.807, 2.05) is 13.8 Å². The van der Waals surface area contributed by atoms with Crippen molar-refractivity contribution in [1.29, 1.82) is 0 Å². The van der Waals surface area contributed by atoms with E-state index in [4.69, 9.17) is 14.2 Å². The summed E-state index contributed by atoms with van der Waals surface area (Å²) in [6.07, 6.45) is -0.577. The maximum absolute atomic E-state index is 11.3. The van der Waals surface area contributed by atoms with Crippen LogP contribution in [0.5, 0.6) is 0 Å². The van der Waals surface area contributed by atoms with Gasteiger partial charge in [-0.2, -0.15) is 0 Å². The molecule has 0 saturated carbocycles. The fourth-order valence-corrected chi connectivity index (χ4v) is 2.74. The summed E-state index contributed by atoms with van der Waals surface area (Å²) in [5.74, 6) is 0.548. The van der Waals surface area contributed by atoms with Crippen LogP contribution in [-0.2, 0) is 19.0 Å². The number of hydrogen-bond donors (Lipinski definition) is 0. The van der Waals surface area contributed by atoms with Crippen molar-refractivity contribution in [3.05, 3.63) is 12.2 Å². The van der Waals surface area contributed by atoms with Crippen LogP contribution in [0.2, 0.25) is 0 Å². The number of Topliss-reactive ketones (excluding diaryl/α,β-unsaturated/α-hetero) is 1. The molecule has 2 aliphatic heterocycles. The van der Waals surface area contributed by atoms with E-state index in [9.17, 15) is 4.79 Å². The van der Waals surface area contributed by atoms with E-state index in [2.05, 4.69) is 13.5 Å². The Hall–Kier alpha value is -0.710. The molecule has 2 rings (SSSR count). The Morgan fingerprint density at radius 3 is 2.61 bits per heavy atom. The number of ether oxygens (including phenoxy) is 3. The highest BCUT2D eigenvalue weighted by molar-refractivity contribution is 5.93. The summed E-state index contributed by atoms with van der Waals surface area (Å²) >= 11 is 0. The fraction of sp³-hybridized carbons (Fsp3) is 0.786. The summed E-state index contributed by atoms with van der Waals surface area (Å²) in [5.41, 5.74) is 0.539. The molecular weight excluding hydrogens is 232 g/mol. The van der Waals surface area contributed by atoms with E-state index >= 15 is 0 Å². The van der Waals surface area contributed by atoms with Crippen molar-refractivity contribution >= 4 is 5.78 Å². The third-order valence-corrected chi connectivity index (χ3v) is 4.06. The minimum atomic E-state index is -0.442. The topological polar surface area (TPSA) is 44.8 Å². The number of carbonyl (C=O) groups excluding carboxylic acids is 1. The predicted molar refractivity (Wildman–Crippen MR) is 66.8 cm³/mol. The Morgan fingerprint density at radius 1 is 1.33 bits per heavy atom. The summed E-state index contributed by atoms with van der Waals surface area (Å²) in [6, 6.07) is 0. The Kier molecular flexibility index (Phi) is 3.90. The number of rotatable bonds is 3. The molecule has 102 valence electrons. The monoisotopic (exact) mass is 254 g/mol. The molecule has 18 heavy (non-hydrogen) atoms. The van der Waals surface area contributed by atoms with E-state index in [0.717, 1.165) is 0 Å². The Balaban J connectivity index is 2.05. The summed E-state index contributed by atoms with van der Waals surface area (Å²) in [4.78, 5) is 11.3. The van der Waals surface area contributed by atoms with Gasteiger partial charge in [0.2, 0.25) is 0 Å². The third kappa shape index (κ3) is 2.37. The van der Waals surface area contributed by atoms with Crippen molar-refractivity contribution in [3.8, 4) is 0 Å². The van der Waals surface area contributed by atoms with Crippen LogP contribution in [0.25, 0.3) is 0 Å². The number of carbonyl (C=O) groups is 1. The molecule has 0 amide bonds. The zero-order chi connectivity index (χ0) is 13.4. The van der Waals surface area contributed by atoms with Gasteiger partial charge in [-0.05, 0) is 25.3 Å². The second-order valence-electron chi connectivity index (χ2n) is 5.47. The molecule has 2 fully saturated rings. The maximum atomic E-state index is 11.3. The molecule has 0 aromatic heterocycles. The molecule has 0 aliphatic carbocycles. The Labute approximate surface area is 108 Å². The highest BCUT2D eigenvalue weighted by Crippen LogP contribution is 2.39. The molecule has 2 aliphatic rings. The Morgan fingerprint density at radius 2 is 2.00 bits per heavy atom. The standard InChI is InChI=1S/C14H22O4/c1-7-6-16-14-12(7)11(5)17-13(18-14)9(3)8(2)10(4)15/h7,9,11-14H,2,6H2,1,3-5H3. The third-order valence-electron chi connectivity index (χ3n) is 4.06. The minimum absolute atomic E-state index is 0.0230. The normalized spacial score (nSPS) is 41.2. The van der Waals surface area contributed by atoms with Gasteiger partial charge in [0, 0.05) is 11.8 Å². The van der Waals surface area contributed by atoms with Gasteiger partial charge < -0.3 is 14.2 Å². The summed E-state index contributed by atoms with van der Waals surface area (Å²) in [6.45, 7) is 12.1. The van der Waals surface area contributed by atoms with Crippen molar-refractivity contribution < 1.29 is 19.0 Å². The number of hydrogen-bond acceptors (Lipinski definition) is 4. The zero-order valence-electron chi connectivity index (χ0n) is 11.5. The Bertz CT molecular complexity index is 352. The maximum Gasteiger partial charge on any atom is 0.167 e. The highest BCUT2D eigenvalue weighted by atomic mass is 16.8. The lowest BCUT2D eigenvalue weighted by molar-refractivity contribution is -0.318. The van der Waals surface area contributed by atoms with Crippen LogP contribution in [-0.4, -0.2) is 31.1 Å². The lowest BCUT2D eigenvalue weighted by Gasteiger charge is -2.40. The summed E-state index contributed by atoms with van der Waals surface area (Å²) in [5, 5.41) is 0. The van der Waals surface area contributed by atoms with Crippen molar-refractivity contribution in [2.75, 3.05) is 6.61 Å². The molecule has 4 heteroatoms. The van der Waals surface area contributed by atoms with E-state index in [1.165, 1.54) is 6.92 Å². The molecule has 2 heterocycles. The van der Waals surface area contributed by atoms with Crippen molar-refractivity contribution in [1.82, 2.24) is 0 Å². The molecule has 0 spiro atoms. The van der Waals surface area contributed by atoms with Gasteiger partial charge in [0.05, 0.1) is 12.7 Å². The summed E-state index contributed by atoms with van der Waals surface area (Å²) < 4.78 is 17.4. The molecule has 4 nitrogen and oxygen atoms in total. The van der Waals surface area contributed by atoms with Gasteiger partial charge in [0.15, 0.2) is 18.4 Å². The van der Waals surface area contributed by atoms with Crippen molar-refractivity contribution in [2.24, 2.45) is 17.8 Å². The average molecular weight is 254 g/mol. The van der Waals surface area contributed by atoms with Gasteiger partial charge in [-0.25, -0.2) is 0 Å². The second kappa shape index (κ2) is 5.11. The van der Waals surface area contributed by atoms with Gasteiger partial charge in [0.25, 0.3) is 0 Å². The fourth-order valence-electron chi connectivity index (χ4n) is 2.74. The number of ketones is 1. The molecule has 0 aromatic rings. The molecule has 0 radical (unpaired) electrons. The molecule has 0 aromatic carbocycles.